The van der Waals surface area contributed by atoms with Gasteiger partial charge in [-0.3, -0.25) is 0 Å². The molecule has 0 radical (unpaired) electrons. The number of nitrogens with one attached hydrogen (secondary N) is 2. The molecular weight excluding hydrogens is 288 g/mol. The molecule has 116 valence electrons. The zero-order valence-electron chi connectivity index (χ0n) is 12.6. The molecule has 0 unspecified atom stereocenters. The lowest BCUT2D eigenvalue weighted by Gasteiger charge is -2.29. The second kappa shape index (κ2) is 5.26. The minimum absolute atomic E-state index is 0.173. The van der Waals surface area contributed by atoms with Crippen LogP contribution in [0.2, 0.25) is 0 Å². The van der Waals surface area contributed by atoms with Gasteiger partial charge in [0, 0.05) is 34.2 Å². The molecule has 2 aromatic carbocycles. The van der Waals surface area contributed by atoms with Gasteiger partial charge in [0.25, 0.3) is 0 Å². The predicted molar refractivity (Wildman–Crippen MR) is 91.5 cm³/mol. The van der Waals surface area contributed by atoms with Gasteiger partial charge in [0.15, 0.2) is 0 Å². The fourth-order valence-electron chi connectivity index (χ4n) is 3.47. The molecule has 0 saturated carbocycles. The van der Waals surface area contributed by atoms with E-state index in [-0.39, 0.29) is 13.2 Å². The van der Waals surface area contributed by atoms with Crippen LogP contribution in [0.25, 0.3) is 21.8 Å². The SMILES string of the molecule is OCC(CO)(c1c[nH]c2ccccc12)c1c[nH]c2ccccc12. The molecule has 0 amide bonds. The summed E-state index contributed by atoms with van der Waals surface area (Å²) in [5, 5.41) is 22.5. The van der Waals surface area contributed by atoms with Crippen molar-refractivity contribution < 1.29 is 10.2 Å². The minimum Gasteiger partial charge on any atom is -0.395 e. The van der Waals surface area contributed by atoms with E-state index in [2.05, 4.69) is 9.97 Å². The molecule has 2 heterocycles. The summed E-state index contributed by atoms with van der Waals surface area (Å²) >= 11 is 0. The van der Waals surface area contributed by atoms with E-state index >= 15 is 0 Å². The van der Waals surface area contributed by atoms with E-state index in [0.717, 1.165) is 32.9 Å². The second-order valence-corrected chi connectivity index (χ2v) is 5.89. The number of benzene rings is 2. The van der Waals surface area contributed by atoms with Gasteiger partial charge in [-0.05, 0) is 23.3 Å². The second-order valence-electron chi connectivity index (χ2n) is 5.89. The number of fused-ring (bicyclic) bond motifs is 2. The lowest BCUT2D eigenvalue weighted by atomic mass is 9.75. The molecule has 0 aliphatic carbocycles. The summed E-state index contributed by atoms with van der Waals surface area (Å²) in [6.07, 6.45) is 3.78. The van der Waals surface area contributed by atoms with Crippen molar-refractivity contribution in [2.75, 3.05) is 13.2 Å². The molecule has 4 aromatic rings. The van der Waals surface area contributed by atoms with Gasteiger partial charge in [-0.15, -0.1) is 0 Å². The van der Waals surface area contributed by atoms with E-state index in [9.17, 15) is 10.2 Å². The number of aromatic nitrogens is 2. The monoisotopic (exact) mass is 306 g/mol. The van der Waals surface area contributed by atoms with Crippen molar-refractivity contribution in [3.63, 3.8) is 0 Å². The van der Waals surface area contributed by atoms with Gasteiger partial charge in [-0.2, -0.15) is 0 Å². The molecule has 4 heteroatoms. The molecule has 4 nitrogen and oxygen atoms in total. The van der Waals surface area contributed by atoms with Gasteiger partial charge in [-0.1, -0.05) is 36.4 Å². The lowest BCUT2D eigenvalue weighted by molar-refractivity contribution is 0.145. The topological polar surface area (TPSA) is 72.0 Å². The number of aliphatic hydroxyl groups excluding tert-OH is 2. The summed E-state index contributed by atoms with van der Waals surface area (Å²) in [6.45, 7) is -0.347. The summed E-state index contributed by atoms with van der Waals surface area (Å²) < 4.78 is 0. The Kier molecular flexibility index (Phi) is 3.22. The maximum absolute atomic E-state index is 10.3. The van der Waals surface area contributed by atoms with E-state index in [1.165, 1.54) is 0 Å². The Bertz CT molecular complexity index is 888. The van der Waals surface area contributed by atoms with Crippen molar-refractivity contribution in [3.8, 4) is 0 Å². The van der Waals surface area contributed by atoms with Crippen LogP contribution in [-0.2, 0) is 5.41 Å². The van der Waals surface area contributed by atoms with E-state index < -0.39 is 5.41 Å². The number of rotatable bonds is 4. The zero-order valence-corrected chi connectivity index (χ0v) is 12.6. The van der Waals surface area contributed by atoms with Crippen LogP contribution >= 0.6 is 0 Å². The van der Waals surface area contributed by atoms with Crippen molar-refractivity contribution in [1.29, 1.82) is 0 Å². The molecule has 2 aromatic heterocycles. The molecule has 0 atom stereocenters. The molecule has 0 aliphatic rings. The largest absolute Gasteiger partial charge is 0.395 e. The average molecular weight is 306 g/mol. The number of aliphatic hydroxyl groups is 2. The van der Waals surface area contributed by atoms with Gasteiger partial charge in [-0.25, -0.2) is 0 Å². The maximum atomic E-state index is 10.3. The number of H-pyrrole nitrogens is 2. The third kappa shape index (κ3) is 1.92. The Morgan fingerprint density at radius 1 is 0.696 bits per heavy atom. The Morgan fingerprint density at radius 2 is 1.13 bits per heavy atom. The maximum Gasteiger partial charge on any atom is 0.0705 e. The summed E-state index contributed by atoms with van der Waals surface area (Å²) in [5.41, 5.74) is 2.94. The highest BCUT2D eigenvalue weighted by Gasteiger charge is 2.37. The molecule has 4 N–H and O–H groups in total. The summed E-state index contributed by atoms with van der Waals surface area (Å²) in [6, 6.07) is 15.9. The van der Waals surface area contributed by atoms with Crippen LogP contribution in [-0.4, -0.2) is 33.4 Å². The molecular formula is C19H18N2O2. The van der Waals surface area contributed by atoms with Crippen LogP contribution < -0.4 is 0 Å². The first-order chi connectivity index (χ1) is 11.3. The fraction of sp³-hybridized carbons (Fsp3) is 0.158. The number of para-hydroxylation sites is 2. The van der Waals surface area contributed by atoms with Crippen LogP contribution in [0, 0.1) is 0 Å². The number of hydrogen-bond acceptors (Lipinski definition) is 2. The summed E-state index contributed by atoms with van der Waals surface area (Å²) in [4.78, 5) is 6.48. The predicted octanol–water partition coefficient (Wildman–Crippen LogP) is 2.92. The molecule has 0 fully saturated rings. The van der Waals surface area contributed by atoms with Gasteiger partial charge in [0.2, 0.25) is 0 Å². The van der Waals surface area contributed by atoms with Crippen LogP contribution in [0.15, 0.2) is 60.9 Å². The quantitative estimate of drug-likeness (QED) is 0.468. The molecule has 0 aliphatic heterocycles. The van der Waals surface area contributed by atoms with E-state index in [1.54, 1.807) is 0 Å². The van der Waals surface area contributed by atoms with Gasteiger partial charge in [0.05, 0.1) is 18.6 Å². The zero-order chi connectivity index (χ0) is 15.9. The third-order valence-electron chi connectivity index (χ3n) is 4.75. The standard InChI is InChI=1S/C19H18N2O2/c22-11-19(12-23,15-9-20-17-7-3-1-5-13(15)17)16-10-21-18-8-4-2-6-14(16)18/h1-10,20-23H,11-12H2. The van der Waals surface area contributed by atoms with Gasteiger partial charge < -0.3 is 20.2 Å². The molecule has 0 saturated heterocycles. The van der Waals surface area contributed by atoms with Crippen molar-refractivity contribution >= 4 is 21.8 Å². The first-order valence-electron chi connectivity index (χ1n) is 7.65. The van der Waals surface area contributed by atoms with E-state index in [4.69, 9.17) is 0 Å². The number of hydrogen-bond donors (Lipinski definition) is 4. The first-order valence-corrected chi connectivity index (χ1v) is 7.65. The highest BCUT2D eigenvalue weighted by atomic mass is 16.3. The Labute approximate surface area is 133 Å². The molecule has 0 bridgehead atoms. The van der Waals surface area contributed by atoms with Crippen LogP contribution in [0.3, 0.4) is 0 Å². The molecule has 4 rings (SSSR count). The van der Waals surface area contributed by atoms with Gasteiger partial charge >= 0.3 is 0 Å². The van der Waals surface area contributed by atoms with Crippen LogP contribution in [0.1, 0.15) is 11.1 Å². The summed E-state index contributed by atoms with van der Waals surface area (Å²) in [5.74, 6) is 0. The van der Waals surface area contributed by atoms with Crippen molar-refractivity contribution in [3.05, 3.63) is 72.1 Å². The normalized spacial score (nSPS) is 12.3. The molecule has 23 heavy (non-hydrogen) atoms. The highest BCUT2D eigenvalue weighted by Crippen LogP contribution is 2.39. The van der Waals surface area contributed by atoms with E-state index in [0.29, 0.717) is 0 Å². The molecule has 0 spiro atoms. The average Bonchev–Trinajstić information content (AvgIpc) is 3.23. The third-order valence-corrected chi connectivity index (χ3v) is 4.75. The Morgan fingerprint density at radius 3 is 1.57 bits per heavy atom. The Balaban J connectivity index is 2.03. The smallest absolute Gasteiger partial charge is 0.0705 e. The van der Waals surface area contributed by atoms with Gasteiger partial charge in [0.1, 0.15) is 0 Å². The van der Waals surface area contributed by atoms with Crippen molar-refractivity contribution in [1.82, 2.24) is 9.97 Å². The first kappa shape index (κ1) is 14.1. The Hall–Kier alpha value is -2.56. The van der Waals surface area contributed by atoms with Crippen molar-refractivity contribution in [2.45, 2.75) is 5.41 Å². The summed E-state index contributed by atoms with van der Waals surface area (Å²) in [7, 11) is 0. The van der Waals surface area contributed by atoms with Crippen molar-refractivity contribution in [2.24, 2.45) is 0 Å². The fourth-order valence-corrected chi connectivity index (χ4v) is 3.47. The lowest BCUT2D eigenvalue weighted by Crippen LogP contribution is -2.35. The number of aromatic amines is 2. The van der Waals surface area contributed by atoms with E-state index in [1.807, 2.05) is 60.9 Å². The van der Waals surface area contributed by atoms with Crippen LogP contribution in [0.4, 0.5) is 0 Å². The minimum atomic E-state index is -0.862. The highest BCUT2D eigenvalue weighted by molar-refractivity contribution is 5.89. The van der Waals surface area contributed by atoms with Crippen LogP contribution in [0.5, 0.6) is 0 Å².